The van der Waals surface area contributed by atoms with Crippen LogP contribution >= 0.6 is 24.0 Å². The summed E-state index contributed by atoms with van der Waals surface area (Å²) < 4.78 is 24.2. The van der Waals surface area contributed by atoms with E-state index >= 15 is 0 Å². The molecule has 0 radical (unpaired) electrons. The van der Waals surface area contributed by atoms with Crippen LogP contribution in [-0.2, 0) is 11.3 Å². The molecule has 27 heavy (non-hydrogen) atoms. The fourth-order valence-corrected chi connectivity index (χ4v) is 2.66. The van der Waals surface area contributed by atoms with Gasteiger partial charge in [0.1, 0.15) is 11.6 Å². The van der Waals surface area contributed by atoms with Crippen LogP contribution in [0.4, 0.5) is 4.39 Å². The molecule has 0 saturated carbocycles. The third-order valence-electron chi connectivity index (χ3n) is 4.04. The van der Waals surface area contributed by atoms with Gasteiger partial charge in [-0.1, -0.05) is 0 Å². The van der Waals surface area contributed by atoms with E-state index in [9.17, 15) is 4.39 Å². The second-order valence-corrected chi connectivity index (χ2v) is 6.00. The Morgan fingerprint density at radius 3 is 2.81 bits per heavy atom. The third kappa shape index (κ3) is 6.94. The maximum atomic E-state index is 13.0. The number of hydrogen-bond donors (Lipinski definition) is 2. The highest BCUT2D eigenvalue weighted by Crippen LogP contribution is 2.20. The van der Waals surface area contributed by atoms with E-state index in [-0.39, 0.29) is 35.9 Å². The van der Waals surface area contributed by atoms with Crippen LogP contribution in [0.5, 0.6) is 11.6 Å². The average Bonchev–Trinajstić information content (AvgIpc) is 3.18. The first kappa shape index (κ1) is 21.4. The zero-order valence-corrected chi connectivity index (χ0v) is 17.5. The van der Waals surface area contributed by atoms with Crippen molar-refractivity contribution in [2.45, 2.75) is 25.5 Å². The largest absolute Gasteiger partial charge is 0.439 e. The summed E-state index contributed by atoms with van der Waals surface area (Å²) in [4.78, 5) is 8.41. The van der Waals surface area contributed by atoms with Crippen molar-refractivity contribution in [3.8, 4) is 11.6 Å². The van der Waals surface area contributed by atoms with Gasteiger partial charge in [0.25, 0.3) is 0 Å². The predicted molar refractivity (Wildman–Crippen MR) is 113 cm³/mol. The van der Waals surface area contributed by atoms with Gasteiger partial charge in [-0.05, 0) is 48.7 Å². The van der Waals surface area contributed by atoms with Crippen LogP contribution in [0.1, 0.15) is 18.4 Å². The molecule has 0 aliphatic carbocycles. The van der Waals surface area contributed by atoms with Crippen LogP contribution in [0.15, 0.2) is 47.6 Å². The quantitative estimate of drug-likeness (QED) is 0.372. The summed E-state index contributed by atoms with van der Waals surface area (Å²) >= 11 is 0. The number of guanidine groups is 1. The Morgan fingerprint density at radius 2 is 2.11 bits per heavy atom. The fourth-order valence-electron chi connectivity index (χ4n) is 2.66. The first-order valence-corrected chi connectivity index (χ1v) is 8.67. The lowest BCUT2D eigenvalue weighted by molar-refractivity contribution is 0.114. The molecule has 1 aliphatic heterocycles. The average molecular weight is 486 g/mol. The fraction of sp³-hybridized carbons (Fsp3) is 0.368. The Labute approximate surface area is 175 Å². The second kappa shape index (κ2) is 11.0. The van der Waals surface area contributed by atoms with Crippen LogP contribution in [0.25, 0.3) is 0 Å². The van der Waals surface area contributed by atoms with E-state index in [0.717, 1.165) is 37.5 Å². The lowest BCUT2D eigenvalue weighted by Crippen LogP contribution is -2.40. The Morgan fingerprint density at radius 1 is 1.30 bits per heavy atom. The van der Waals surface area contributed by atoms with Gasteiger partial charge >= 0.3 is 0 Å². The topological polar surface area (TPSA) is 67.8 Å². The van der Waals surface area contributed by atoms with Gasteiger partial charge in [0, 0.05) is 39.0 Å². The Kier molecular flexibility index (Phi) is 8.73. The Balaban J connectivity index is 0.00000261. The lowest BCUT2D eigenvalue weighted by Gasteiger charge is -2.15. The zero-order chi connectivity index (χ0) is 18.2. The molecular weight excluding hydrogens is 462 g/mol. The smallest absolute Gasteiger partial charge is 0.219 e. The molecule has 2 N–H and O–H groups in total. The SMILES string of the molecule is CN=C(NCc1ccnc(Oc2ccc(F)cc2)c1)NCC1CCCO1.I. The van der Waals surface area contributed by atoms with Crippen LogP contribution < -0.4 is 15.4 Å². The normalized spacial score (nSPS) is 16.5. The van der Waals surface area contributed by atoms with Crippen molar-refractivity contribution in [1.82, 2.24) is 15.6 Å². The van der Waals surface area contributed by atoms with E-state index < -0.39 is 0 Å². The number of benzene rings is 1. The maximum absolute atomic E-state index is 13.0. The van der Waals surface area contributed by atoms with Crippen molar-refractivity contribution < 1.29 is 13.9 Å². The lowest BCUT2D eigenvalue weighted by atomic mass is 10.2. The number of nitrogens with zero attached hydrogens (tertiary/aromatic N) is 2. The number of pyridine rings is 1. The van der Waals surface area contributed by atoms with E-state index in [1.807, 2.05) is 12.1 Å². The molecule has 2 heterocycles. The van der Waals surface area contributed by atoms with Crippen molar-refractivity contribution in [3.63, 3.8) is 0 Å². The summed E-state index contributed by atoms with van der Waals surface area (Å²) in [7, 11) is 1.74. The van der Waals surface area contributed by atoms with Crippen molar-refractivity contribution in [3.05, 3.63) is 54.0 Å². The van der Waals surface area contributed by atoms with E-state index in [1.165, 1.54) is 12.1 Å². The molecule has 1 fully saturated rings. The highest BCUT2D eigenvalue weighted by Gasteiger charge is 2.15. The molecule has 1 aliphatic rings. The molecular formula is C19H24FIN4O2. The number of aromatic nitrogens is 1. The minimum atomic E-state index is -0.301. The van der Waals surface area contributed by atoms with E-state index in [4.69, 9.17) is 9.47 Å². The molecule has 0 bridgehead atoms. The molecule has 3 rings (SSSR count). The summed E-state index contributed by atoms with van der Waals surface area (Å²) in [5.41, 5.74) is 0.997. The van der Waals surface area contributed by atoms with E-state index in [0.29, 0.717) is 18.2 Å². The van der Waals surface area contributed by atoms with Crippen LogP contribution in [0.3, 0.4) is 0 Å². The van der Waals surface area contributed by atoms with Gasteiger partial charge in [-0.15, -0.1) is 24.0 Å². The Bertz CT molecular complexity index is 737. The molecule has 1 atom stereocenters. The van der Waals surface area contributed by atoms with Crippen LogP contribution in [0, 0.1) is 5.82 Å². The zero-order valence-electron chi connectivity index (χ0n) is 15.2. The molecule has 1 aromatic carbocycles. The molecule has 8 heteroatoms. The summed E-state index contributed by atoms with van der Waals surface area (Å²) in [5.74, 6) is 1.42. The molecule has 1 unspecified atom stereocenters. The summed E-state index contributed by atoms with van der Waals surface area (Å²) in [5, 5.41) is 6.53. The van der Waals surface area contributed by atoms with Crippen molar-refractivity contribution in [2.24, 2.45) is 4.99 Å². The molecule has 1 saturated heterocycles. The number of aliphatic imine (C=N–C) groups is 1. The summed E-state index contributed by atoms with van der Waals surface area (Å²) in [6.45, 7) is 2.16. The van der Waals surface area contributed by atoms with Gasteiger partial charge in [0.05, 0.1) is 6.10 Å². The summed E-state index contributed by atoms with van der Waals surface area (Å²) in [6.07, 6.45) is 4.13. The molecule has 146 valence electrons. The third-order valence-corrected chi connectivity index (χ3v) is 4.04. The number of halogens is 2. The number of hydrogen-bond acceptors (Lipinski definition) is 4. The van der Waals surface area contributed by atoms with Crippen molar-refractivity contribution in [2.75, 3.05) is 20.2 Å². The predicted octanol–water partition coefficient (Wildman–Crippen LogP) is 3.48. The maximum Gasteiger partial charge on any atom is 0.219 e. The Hall–Kier alpha value is -1.94. The van der Waals surface area contributed by atoms with E-state index in [2.05, 4.69) is 20.6 Å². The van der Waals surface area contributed by atoms with Gasteiger partial charge < -0.3 is 20.1 Å². The molecule has 1 aromatic heterocycles. The summed E-state index contributed by atoms with van der Waals surface area (Å²) in [6, 6.07) is 9.58. The molecule has 0 amide bonds. The molecule has 2 aromatic rings. The second-order valence-electron chi connectivity index (χ2n) is 6.00. The minimum Gasteiger partial charge on any atom is -0.439 e. The van der Waals surface area contributed by atoms with E-state index in [1.54, 1.807) is 25.4 Å². The van der Waals surface area contributed by atoms with Crippen molar-refractivity contribution in [1.29, 1.82) is 0 Å². The van der Waals surface area contributed by atoms with Gasteiger partial charge in [-0.3, -0.25) is 4.99 Å². The highest BCUT2D eigenvalue weighted by atomic mass is 127. The number of ether oxygens (including phenoxy) is 2. The molecule has 0 spiro atoms. The number of rotatable bonds is 6. The standard InChI is InChI=1S/C19H23FN4O2.HI/c1-21-19(24-13-17-3-2-10-25-17)23-12-14-8-9-22-18(11-14)26-16-6-4-15(20)5-7-16;/h4-9,11,17H,2-3,10,12-13H2,1H3,(H2,21,23,24);1H. The molecule has 6 nitrogen and oxygen atoms in total. The van der Waals surface area contributed by atoms with Gasteiger partial charge in [0.15, 0.2) is 5.96 Å². The first-order chi connectivity index (χ1) is 12.7. The van der Waals surface area contributed by atoms with Crippen LogP contribution in [0.2, 0.25) is 0 Å². The number of nitrogens with one attached hydrogen (secondary N) is 2. The van der Waals surface area contributed by atoms with Crippen molar-refractivity contribution >= 4 is 29.9 Å². The first-order valence-electron chi connectivity index (χ1n) is 8.67. The van der Waals surface area contributed by atoms with Gasteiger partial charge in [0.2, 0.25) is 5.88 Å². The van der Waals surface area contributed by atoms with Gasteiger partial charge in [-0.25, -0.2) is 9.37 Å². The van der Waals surface area contributed by atoms with Gasteiger partial charge in [-0.2, -0.15) is 0 Å². The minimum absolute atomic E-state index is 0. The monoisotopic (exact) mass is 486 g/mol. The van der Waals surface area contributed by atoms with Crippen LogP contribution in [-0.4, -0.2) is 37.2 Å². The highest BCUT2D eigenvalue weighted by molar-refractivity contribution is 14.0.